The SMILES string of the molecule is C=C1Oc2cc3c(c(OC)c2C1(C)C)c(=O)c1c2ccccc2ccc1n3C. The highest BCUT2D eigenvalue weighted by Gasteiger charge is 2.40. The number of aromatic nitrogens is 1. The molecular weight excluding hydrogens is 350 g/mol. The van der Waals surface area contributed by atoms with Crippen LogP contribution in [0, 0.1) is 0 Å². The Bertz CT molecular complexity index is 1390. The van der Waals surface area contributed by atoms with Gasteiger partial charge in [0.15, 0.2) is 0 Å². The van der Waals surface area contributed by atoms with Crippen LogP contribution in [0.1, 0.15) is 19.4 Å². The zero-order valence-electron chi connectivity index (χ0n) is 16.4. The molecule has 0 amide bonds. The zero-order valence-corrected chi connectivity index (χ0v) is 16.4. The fourth-order valence-electron chi connectivity index (χ4n) is 4.41. The first-order valence-corrected chi connectivity index (χ1v) is 9.29. The Balaban J connectivity index is 2.09. The molecule has 4 heteroatoms. The second kappa shape index (κ2) is 5.38. The van der Waals surface area contributed by atoms with Crippen LogP contribution in [-0.4, -0.2) is 11.7 Å². The van der Waals surface area contributed by atoms with E-state index >= 15 is 0 Å². The van der Waals surface area contributed by atoms with Crippen molar-refractivity contribution >= 4 is 32.6 Å². The van der Waals surface area contributed by atoms with Crippen LogP contribution in [0.4, 0.5) is 0 Å². The first-order chi connectivity index (χ1) is 13.4. The average molecular weight is 371 g/mol. The topological polar surface area (TPSA) is 40.5 Å². The van der Waals surface area contributed by atoms with Crippen molar-refractivity contribution in [2.75, 3.05) is 7.11 Å². The number of hydrogen-bond donors (Lipinski definition) is 0. The van der Waals surface area contributed by atoms with E-state index in [0.29, 0.717) is 28.0 Å². The van der Waals surface area contributed by atoms with E-state index in [9.17, 15) is 4.79 Å². The molecule has 5 rings (SSSR count). The molecule has 4 nitrogen and oxygen atoms in total. The van der Waals surface area contributed by atoms with Crippen molar-refractivity contribution in [1.29, 1.82) is 0 Å². The van der Waals surface area contributed by atoms with Gasteiger partial charge in [-0.05, 0) is 30.7 Å². The largest absolute Gasteiger partial charge is 0.495 e. The minimum Gasteiger partial charge on any atom is -0.495 e. The molecule has 0 saturated heterocycles. The van der Waals surface area contributed by atoms with Crippen LogP contribution in [-0.2, 0) is 12.5 Å². The maximum Gasteiger partial charge on any atom is 0.201 e. The van der Waals surface area contributed by atoms with Gasteiger partial charge in [0.1, 0.15) is 17.3 Å². The summed E-state index contributed by atoms with van der Waals surface area (Å²) in [6, 6.07) is 14.0. The molecule has 1 aliphatic heterocycles. The molecule has 0 fully saturated rings. The molecule has 0 unspecified atom stereocenters. The molecule has 0 aliphatic carbocycles. The van der Waals surface area contributed by atoms with Crippen LogP contribution < -0.4 is 14.9 Å². The highest BCUT2D eigenvalue weighted by Crippen LogP contribution is 2.51. The number of benzene rings is 3. The molecule has 0 spiro atoms. The van der Waals surface area contributed by atoms with Gasteiger partial charge in [-0.3, -0.25) is 4.79 Å². The molecule has 1 aliphatic rings. The molecule has 1 aromatic heterocycles. The number of ether oxygens (including phenoxy) is 2. The van der Waals surface area contributed by atoms with Gasteiger partial charge < -0.3 is 14.0 Å². The number of nitrogens with zero attached hydrogens (tertiary/aromatic N) is 1. The molecule has 0 atom stereocenters. The third-order valence-corrected chi connectivity index (χ3v) is 6.07. The molecule has 0 saturated carbocycles. The second-order valence-electron chi connectivity index (χ2n) is 7.90. The molecule has 0 N–H and O–H groups in total. The molecule has 28 heavy (non-hydrogen) atoms. The number of hydrogen-bond acceptors (Lipinski definition) is 3. The lowest BCUT2D eigenvalue weighted by Gasteiger charge is -2.21. The molecule has 0 radical (unpaired) electrons. The number of aryl methyl sites for hydroxylation is 1. The van der Waals surface area contributed by atoms with Crippen molar-refractivity contribution in [3.05, 3.63) is 70.6 Å². The molecule has 140 valence electrons. The van der Waals surface area contributed by atoms with Crippen LogP contribution in [0.15, 0.2) is 59.6 Å². The number of rotatable bonds is 1. The van der Waals surface area contributed by atoms with E-state index in [0.717, 1.165) is 27.4 Å². The summed E-state index contributed by atoms with van der Waals surface area (Å²) in [4.78, 5) is 13.8. The van der Waals surface area contributed by atoms with Gasteiger partial charge in [-0.15, -0.1) is 0 Å². The van der Waals surface area contributed by atoms with Crippen molar-refractivity contribution < 1.29 is 9.47 Å². The van der Waals surface area contributed by atoms with Gasteiger partial charge in [-0.2, -0.15) is 0 Å². The first kappa shape index (κ1) is 16.9. The Kier molecular flexibility index (Phi) is 3.24. The number of pyridine rings is 1. The first-order valence-electron chi connectivity index (χ1n) is 9.29. The van der Waals surface area contributed by atoms with Gasteiger partial charge in [0.25, 0.3) is 0 Å². The lowest BCUT2D eigenvalue weighted by molar-refractivity contribution is 0.389. The van der Waals surface area contributed by atoms with Crippen molar-refractivity contribution in [1.82, 2.24) is 4.57 Å². The molecule has 2 heterocycles. The van der Waals surface area contributed by atoms with E-state index in [1.807, 2.05) is 61.9 Å². The highest BCUT2D eigenvalue weighted by atomic mass is 16.5. The van der Waals surface area contributed by atoms with Crippen LogP contribution in [0.5, 0.6) is 11.5 Å². The minimum absolute atomic E-state index is 0.0205. The summed E-state index contributed by atoms with van der Waals surface area (Å²) < 4.78 is 13.8. The summed E-state index contributed by atoms with van der Waals surface area (Å²) >= 11 is 0. The summed E-state index contributed by atoms with van der Waals surface area (Å²) in [6.07, 6.45) is 0. The minimum atomic E-state index is -0.437. The van der Waals surface area contributed by atoms with E-state index in [4.69, 9.17) is 9.47 Å². The zero-order chi connectivity index (χ0) is 19.8. The number of fused-ring (bicyclic) bond motifs is 5. The van der Waals surface area contributed by atoms with E-state index in [2.05, 4.69) is 12.6 Å². The van der Waals surface area contributed by atoms with Crippen molar-refractivity contribution in [3.63, 3.8) is 0 Å². The third-order valence-electron chi connectivity index (χ3n) is 6.07. The Labute approximate surface area is 162 Å². The summed E-state index contributed by atoms with van der Waals surface area (Å²) in [6.45, 7) is 8.14. The lowest BCUT2D eigenvalue weighted by atomic mass is 9.83. The normalized spacial score (nSPS) is 15.2. The molecular formula is C24H21NO3. The van der Waals surface area contributed by atoms with Gasteiger partial charge >= 0.3 is 0 Å². The van der Waals surface area contributed by atoms with E-state index in [1.54, 1.807) is 7.11 Å². The van der Waals surface area contributed by atoms with E-state index < -0.39 is 5.41 Å². The van der Waals surface area contributed by atoms with Gasteiger partial charge in [-0.25, -0.2) is 0 Å². The Hall–Kier alpha value is -3.27. The summed E-state index contributed by atoms with van der Waals surface area (Å²) in [5.74, 6) is 1.93. The van der Waals surface area contributed by atoms with Gasteiger partial charge in [0.2, 0.25) is 5.43 Å². The van der Waals surface area contributed by atoms with Crippen molar-refractivity contribution in [3.8, 4) is 11.5 Å². The summed E-state index contributed by atoms with van der Waals surface area (Å²) in [5.41, 5.74) is 2.09. The fourth-order valence-corrected chi connectivity index (χ4v) is 4.41. The Morgan fingerprint density at radius 2 is 1.82 bits per heavy atom. The van der Waals surface area contributed by atoms with Gasteiger partial charge in [0.05, 0.1) is 39.9 Å². The molecule has 0 bridgehead atoms. The second-order valence-corrected chi connectivity index (χ2v) is 7.90. The number of methoxy groups -OCH3 is 1. The monoisotopic (exact) mass is 371 g/mol. The molecule has 3 aromatic carbocycles. The summed E-state index contributed by atoms with van der Waals surface area (Å²) in [7, 11) is 3.58. The average Bonchev–Trinajstić information content (AvgIpc) is 2.92. The van der Waals surface area contributed by atoms with Crippen LogP contribution in [0.2, 0.25) is 0 Å². The van der Waals surface area contributed by atoms with Crippen molar-refractivity contribution in [2.24, 2.45) is 7.05 Å². The Morgan fingerprint density at radius 1 is 1.07 bits per heavy atom. The van der Waals surface area contributed by atoms with E-state index in [-0.39, 0.29) is 5.43 Å². The standard InChI is InChI=1S/C24H21NO3/c1-13-24(2,3)21-18(28-13)12-17-20(23(21)27-5)22(26)19-15-9-7-6-8-14(15)10-11-16(19)25(17)4/h6-12H,1H2,2-5H3. The van der Waals surface area contributed by atoms with Crippen LogP contribution in [0.25, 0.3) is 32.6 Å². The van der Waals surface area contributed by atoms with Gasteiger partial charge in [-0.1, -0.05) is 36.9 Å². The predicted octanol–water partition coefficient (Wildman–Crippen LogP) is 5.04. The van der Waals surface area contributed by atoms with Gasteiger partial charge in [0, 0.05) is 13.1 Å². The Morgan fingerprint density at radius 3 is 2.57 bits per heavy atom. The third kappa shape index (κ3) is 1.92. The van der Waals surface area contributed by atoms with Crippen LogP contribution in [0.3, 0.4) is 0 Å². The maximum absolute atomic E-state index is 13.8. The fraction of sp³-hybridized carbons (Fsp3) is 0.208. The highest BCUT2D eigenvalue weighted by molar-refractivity contribution is 6.11. The van der Waals surface area contributed by atoms with Crippen molar-refractivity contribution in [2.45, 2.75) is 19.3 Å². The smallest absolute Gasteiger partial charge is 0.201 e. The maximum atomic E-state index is 13.8. The lowest BCUT2D eigenvalue weighted by Crippen LogP contribution is -2.18. The summed E-state index contributed by atoms with van der Waals surface area (Å²) in [5, 5.41) is 3.29. The predicted molar refractivity (Wildman–Crippen MR) is 114 cm³/mol. The van der Waals surface area contributed by atoms with E-state index in [1.165, 1.54) is 0 Å². The molecule has 4 aromatic rings. The van der Waals surface area contributed by atoms with Crippen LogP contribution >= 0.6 is 0 Å². The quantitative estimate of drug-likeness (QED) is 0.348. The number of allylic oxidation sites excluding steroid dienone is 1.